The second-order valence-corrected chi connectivity index (χ2v) is 12.3. The largest absolute Gasteiger partial charge is 0.486 e. The van der Waals surface area contributed by atoms with Crippen LogP contribution in [-0.4, -0.2) is 17.1 Å². The van der Waals surface area contributed by atoms with Gasteiger partial charge in [0.2, 0.25) is 0 Å². The molecule has 0 amide bonds. The van der Waals surface area contributed by atoms with Crippen molar-refractivity contribution >= 4 is 46.6 Å². The normalized spacial score (nSPS) is 14.7. The van der Waals surface area contributed by atoms with Crippen LogP contribution < -0.4 is 19.6 Å². The Morgan fingerprint density at radius 1 is 1.14 bits per heavy atom. The van der Waals surface area contributed by atoms with Crippen molar-refractivity contribution in [3.63, 3.8) is 0 Å². The van der Waals surface area contributed by atoms with Crippen molar-refractivity contribution in [2.24, 2.45) is 4.99 Å². The number of thiazole rings is 1. The molecule has 44 heavy (non-hydrogen) atoms. The third-order valence-corrected chi connectivity index (χ3v) is 8.81. The first kappa shape index (κ1) is 31.3. The number of esters is 1. The predicted octanol–water partition coefficient (Wildman–Crippen LogP) is 6.68. The van der Waals surface area contributed by atoms with Gasteiger partial charge < -0.3 is 9.47 Å². The molecule has 7 nitrogen and oxygen atoms in total. The number of nitriles is 1. The second-order valence-electron chi connectivity index (χ2n) is 10.5. The van der Waals surface area contributed by atoms with Crippen molar-refractivity contribution in [3.8, 4) is 11.8 Å². The Labute approximate surface area is 268 Å². The zero-order valence-corrected chi connectivity index (χ0v) is 26.9. The monoisotopic (exact) mass is 645 g/mol. The first-order valence-electron chi connectivity index (χ1n) is 14.0. The van der Waals surface area contributed by atoms with Gasteiger partial charge in [-0.25, -0.2) is 9.79 Å². The van der Waals surface area contributed by atoms with E-state index in [1.807, 2.05) is 30.3 Å². The molecule has 0 bridgehead atoms. The maximum atomic E-state index is 14.0. The zero-order valence-electron chi connectivity index (χ0n) is 24.6. The number of allylic oxidation sites excluding steroid dienone is 1. The van der Waals surface area contributed by atoms with Gasteiger partial charge in [-0.15, -0.1) is 0 Å². The molecular weight excluding hydrogens is 617 g/mol. The highest BCUT2D eigenvalue weighted by Crippen LogP contribution is 2.35. The standard InChI is InChI=1S/C34H29Cl2N3O4S/c1-5-42-33(41)29-20(4)38-34-39(30(29)23-12-10-22(11-13-23)19(2)3)32(40)28(44-34)16-21-14-26(35)31(27(36)15-21)43-18-25-9-7-6-8-24(25)17-37/h6-16,19,30H,5,18H2,1-4H3/t30-/m1/s1. The van der Waals surface area contributed by atoms with Crippen LogP contribution in [0.5, 0.6) is 5.75 Å². The number of hydrogen-bond donors (Lipinski definition) is 0. The van der Waals surface area contributed by atoms with E-state index in [1.165, 1.54) is 11.3 Å². The minimum Gasteiger partial charge on any atom is -0.486 e. The molecule has 0 radical (unpaired) electrons. The Kier molecular flexibility index (Phi) is 9.40. The predicted molar refractivity (Wildman–Crippen MR) is 173 cm³/mol. The van der Waals surface area contributed by atoms with Gasteiger partial charge in [0.25, 0.3) is 5.56 Å². The third-order valence-electron chi connectivity index (χ3n) is 7.26. The van der Waals surface area contributed by atoms with Crippen molar-refractivity contribution in [1.82, 2.24) is 4.57 Å². The van der Waals surface area contributed by atoms with Gasteiger partial charge in [0, 0.05) is 5.56 Å². The number of fused-ring (bicyclic) bond motifs is 1. The molecule has 10 heteroatoms. The molecule has 3 aromatic carbocycles. The van der Waals surface area contributed by atoms with Crippen LogP contribution in [0.3, 0.4) is 0 Å². The number of hydrogen-bond acceptors (Lipinski definition) is 7. The summed E-state index contributed by atoms with van der Waals surface area (Å²) in [5.41, 5.74) is 4.25. The maximum absolute atomic E-state index is 14.0. The van der Waals surface area contributed by atoms with Crippen LogP contribution >= 0.6 is 34.5 Å². The van der Waals surface area contributed by atoms with Gasteiger partial charge >= 0.3 is 5.97 Å². The van der Waals surface area contributed by atoms with E-state index < -0.39 is 12.0 Å². The summed E-state index contributed by atoms with van der Waals surface area (Å²) in [6, 6.07) is 19.8. The maximum Gasteiger partial charge on any atom is 0.338 e. The molecule has 1 atom stereocenters. The Hall–Kier alpha value is -4.16. The van der Waals surface area contributed by atoms with Gasteiger partial charge in [-0.1, -0.05) is 90.9 Å². The summed E-state index contributed by atoms with van der Waals surface area (Å²) in [7, 11) is 0. The first-order valence-corrected chi connectivity index (χ1v) is 15.6. The summed E-state index contributed by atoms with van der Waals surface area (Å²) in [6.07, 6.45) is 1.69. The molecule has 2 heterocycles. The Balaban J connectivity index is 1.55. The molecule has 0 saturated carbocycles. The lowest BCUT2D eigenvalue weighted by molar-refractivity contribution is -0.139. The van der Waals surface area contributed by atoms with E-state index in [2.05, 4.69) is 24.9 Å². The van der Waals surface area contributed by atoms with Crippen LogP contribution in [0, 0.1) is 11.3 Å². The Morgan fingerprint density at radius 3 is 2.45 bits per heavy atom. The molecule has 1 aromatic heterocycles. The number of nitrogens with zero attached hydrogens (tertiary/aromatic N) is 3. The Bertz CT molecular complexity index is 1980. The van der Waals surface area contributed by atoms with Gasteiger partial charge in [0.05, 0.1) is 50.1 Å². The molecule has 1 aliphatic heterocycles. The van der Waals surface area contributed by atoms with Crippen molar-refractivity contribution in [3.05, 3.63) is 129 Å². The smallest absolute Gasteiger partial charge is 0.338 e. The fraction of sp³-hybridized carbons (Fsp3) is 0.235. The van der Waals surface area contributed by atoms with Gasteiger partial charge in [-0.05, 0) is 60.7 Å². The molecular formula is C34H29Cl2N3O4S. The highest BCUT2D eigenvalue weighted by Gasteiger charge is 2.33. The number of carbonyl (C=O) groups excluding carboxylic acids is 1. The van der Waals surface area contributed by atoms with E-state index in [1.54, 1.807) is 54.8 Å². The fourth-order valence-corrected chi connectivity index (χ4v) is 6.69. The highest BCUT2D eigenvalue weighted by atomic mass is 35.5. The zero-order chi connectivity index (χ0) is 31.5. The minimum atomic E-state index is -0.701. The van der Waals surface area contributed by atoms with E-state index in [4.69, 9.17) is 32.7 Å². The summed E-state index contributed by atoms with van der Waals surface area (Å²) >= 11 is 14.4. The SMILES string of the molecule is CCOC(=O)C1=C(C)N=c2sc(=Cc3cc(Cl)c(OCc4ccccc4C#N)c(Cl)c3)c(=O)n2[C@@H]1c1ccc(C(C)C)cc1. The molecule has 0 fully saturated rings. The topological polar surface area (TPSA) is 93.7 Å². The Morgan fingerprint density at radius 2 is 1.82 bits per heavy atom. The molecule has 224 valence electrons. The van der Waals surface area contributed by atoms with Crippen molar-refractivity contribution in [1.29, 1.82) is 5.26 Å². The van der Waals surface area contributed by atoms with Gasteiger partial charge in [-0.3, -0.25) is 9.36 Å². The van der Waals surface area contributed by atoms with Gasteiger partial charge in [-0.2, -0.15) is 5.26 Å². The van der Waals surface area contributed by atoms with Crippen molar-refractivity contribution in [2.45, 2.75) is 46.3 Å². The highest BCUT2D eigenvalue weighted by molar-refractivity contribution is 7.07. The van der Waals surface area contributed by atoms with Crippen LogP contribution in [0.2, 0.25) is 10.0 Å². The summed E-state index contributed by atoms with van der Waals surface area (Å²) in [4.78, 5) is 32.2. The molecule has 0 saturated heterocycles. The first-order chi connectivity index (χ1) is 21.1. The average Bonchev–Trinajstić information content (AvgIpc) is 3.30. The number of rotatable bonds is 8. The number of carbonyl (C=O) groups is 1. The summed E-state index contributed by atoms with van der Waals surface area (Å²) < 4.78 is 13.2. The summed E-state index contributed by atoms with van der Waals surface area (Å²) in [5.74, 6) is 0.100. The van der Waals surface area contributed by atoms with E-state index in [0.29, 0.717) is 43.2 Å². The second kappa shape index (κ2) is 13.2. The average molecular weight is 647 g/mol. The molecule has 1 aliphatic rings. The molecule has 4 aromatic rings. The molecule has 0 unspecified atom stereocenters. The third kappa shape index (κ3) is 6.22. The van der Waals surface area contributed by atoms with Crippen LogP contribution in [-0.2, 0) is 16.1 Å². The van der Waals surface area contributed by atoms with E-state index in [0.717, 1.165) is 11.1 Å². The van der Waals surface area contributed by atoms with Crippen molar-refractivity contribution < 1.29 is 14.3 Å². The summed E-state index contributed by atoms with van der Waals surface area (Å²) in [6.45, 7) is 8.03. The quantitative estimate of drug-likeness (QED) is 0.199. The summed E-state index contributed by atoms with van der Waals surface area (Å²) in [5, 5.41) is 9.87. The lowest BCUT2D eigenvalue weighted by Gasteiger charge is -2.25. The lowest BCUT2D eigenvalue weighted by atomic mass is 9.93. The van der Waals surface area contributed by atoms with Crippen LogP contribution in [0.1, 0.15) is 67.5 Å². The number of halogens is 2. The van der Waals surface area contributed by atoms with Gasteiger partial charge in [0.1, 0.15) is 6.61 Å². The van der Waals surface area contributed by atoms with Crippen LogP contribution in [0.15, 0.2) is 81.7 Å². The molecule has 0 N–H and O–H groups in total. The minimum absolute atomic E-state index is 0.113. The van der Waals surface area contributed by atoms with Crippen LogP contribution in [0.4, 0.5) is 0 Å². The fourth-order valence-electron chi connectivity index (χ4n) is 5.03. The lowest BCUT2D eigenvalue weighted by Crippen LogP contribution is -2.39. The van der Waals surface area contributed by atoms with E-state index in [-0.39, 0.29) is 34.6 Å². The van der Waals surface area contributed by atoms with Crippen LogP contribution in [0.25, 0.3) is 6.08 Å². The number of benzene rings is 3. The van der Waals surface area contributed by atoms with E-state index in [9.17, 15) is 14.9 Å². The number of ether oxygens (including phenoxy) is 2. The van der Waals surface area contributed by atoms with Gasteiger partial charge in [0.15, 0.2) is 10.6 Å². The number of aromatic nitrogens is 1. The molecule has 5 rings (SSSR count). The van der Waals surface area contributed by atoms with E-state index >= 15 is 0 Å². The molecule has 0 spiro atoms. The van der Waals surface area contributed by atoms with Crippen molar-refractivity contribution in [2.75, 3.05) is 6.61 Å². The molecule has 0 aliphatic carbocycles.